The number of anilines is 1. The summed E-state index contributed by atoms with van der Waals surface area (Å²) in [5.41, 5.74) is 6.10. The van der Waals surface area contributed by atoms with Crippen LogP contribution in [0.25, 0.3) is 0 Å². The highest BCUT2D eigenvalue weighted by atomic mass is 32.2. The topological polar surface area (TPSA) is 55.1 Å². The molecule has 0 heterocycles. The van der Waals surface area contributed by atoms with E-state index in [0.29, 0.717) is 13.0 Å². The maximum atomic E-state index is 10.5. The van der Waals surface area contributed by atoms with Gasteiger partial charge >= 0.3 is 0 Å². The van der Waals surface area contributed by atoms with Crippen molar-refractivity contribution in [3.05, 3.63) is 24.3 Å². The molecule has 3 N–H and O–H groups in total. The molecule has 0 atom stereocenters. The molecule has 76 valence electrons. The van der Waals surface area contributed by atoms with Crippen LogP contribution in [0.1, 0.15) is 6.42 Å². The summed E-state index contributed by atoms with van der Waals surface area (Å²) >= 11 is 1.68. The molecule has 0 saturated heterocycles. The zero-order valence-corrected chi connectivity index (χ0v) is 8.93. The Balaban J connectivity index is 2.53. The minimum atomic E-state index is -0.279. The fourth-order valence-corrected chi connectivity index (χ4v) is 1.69. The summed E-state index contributed by atoms with van der Waals surface area (Å²) in [6.07, 6.45) is 2.39. The van der Waals surface area contributed by atoms with Crippen LogP contribution >= 0.6 is 11.8 Å². The molecule has 1 aromatic rings. The van der Waals surface area contributed by atoms with Gasteiger partial charge < -0.3 is 11.1 Å². The van der Waals surface area contributed by atoms with Crippen molar-refractivity contribution in [2.24, 2.45) is 5.73 Å². The minimum absolute atomic E-state index is 0.279. The molecule has 0 spiro atoms. The van der Waals surface area contributed by atoms with Crippen molar-refractivity contribution in [1.29, 1.82) is 0 Å². The van der Waals surface area contributed by atoms with E-state index in [9.17, 15) is 4.79 Å². The standard InChI is InChI=1S/C10H14N2OS/c1-14-9-5-3-2-4-8(9)12-7-6-10(11)13/h2-5,12H,6-7H2,1H3,(H2,11,13). The third-order valence-electron chi connectivity index (χ3n) is 1.79. The largest absolute Gasteiger partial charge is 0.384 e. The SMILES string of the molecule is CSc1ccccc1NCCC(N)=O. The van der Waals surface area contributed by atoms with Crippen LogP contribution in [-0.2, 0) is 4.79 Å². The highest BCUT2D eigenvalue weighted by Gasteiger charge is 1.99. The number of thioether (sulfide) groups is 1. The number of carbonyl (C=O) groups excluding carboxylic acids is 1. The van der Waals surface area contributed by atoms with E-state index in [1.807, 2.05) is 30.5 Å². The van der Waals surface area contributed by atoms with E-state index >= 15 is 0 Å². The summed E-state index contributed by atoms with van der Waals surface area (Å²) in [5, 5.41) is 3.17. The number of hydrogen-bond donors (Lipinski definition) is 2. The molecule has 0 aromatic heterocycles. The monoisotopic (exact) mass is 210 g/mol. The Bertz CT molecular complexity index is 315. The van der Waals surface area contributed by atoms with Gasteiger partial charge in [0.25, 0.3) is 0 Å². The first kappa shape index (κ1) is 10.9. The Morgan fingerprint density at radius 2 is 2.21 bits per heavy atom. The molecule has 1 aromatic carbocycles. The van der Waals surface area contributed by atoms with Crippen LogP contribution < -0.4 is 11.1 Å². The van der Waals surface area contributed by atoms with E-state index in [1.54, 1.807) is 11.8 Å². The number of benzene rings is 1. The molecular formula is C10H14N2OS. The smallest absolute Gasteiger partial charge is 0.219 e. The van der Waals surface area contributed by atoms with Crippen molar-refractivity contribution in [1.82, 2.24) is 0 Å². The average molecular weight is 210 g/mol. The van der Waals surface area contributed by atoms with Gasteiger partial charge in [0.1, 0.15) is 0 Å². The maximum Gasteiger partial charge on any atom is 0.219 e. The van der Waals surface area contributed by atoms with Gasteiger partial charge in [-0.25, -0.2) is 0 Å². The molecule has 4 heteroatoms. The van der Waals surface area contributed by atoms with Crippen molar-refractivity contribution in [2.75, 3.05) is 18.1 Å². The molecule has 0 aliphatic carbocycles. The van der Waals surface area contributed by atoms with E-state index in [2.05, 4.69) is 5.32 Å². The molecule has 0 radical (unpaired) electrons. The lowest BCUT2D eigenvalue weighted by Gasteiger charge is -2.08. The molecule has 0 unspecified atom stereocenters. The zero-order chi connectivity index (χ0) is 10.4. The van der Waals surface area contributed by atoms with Crippen LogP contribution in [0.2, 0.25) is 0 Å². The second-order valence-corrected chi connectivity index (χ2v) is 3.69. The fourth-order valence-electron chi connectivity index (χ4n) is 1.11. The Hall–Kier alpha value is -1.16. The van der Waals surface area contributed by atoms with E-state index in [-0.39, 0.29) is 5.91 Å². The molecule has 14 heavy (non-hydrogen) atoms. The number of primary amides is 1. The molecule has 0 aliphatic heterocycles. The first-order valence-corrected chi connectivity index (χ1v) is 5.61. The number of amides is 1. The highest BCUT2D eigenvalue weighted by molar-refractivity contribution is 7.98. The van der Waals surface area contributed by atoms with Crippen molar-refractivity contribution < 1.29 is 4.79 Å². The summed E-state index contributed by atoms with van der Waals surface area (Å²) in [5.74, 6) is -0.279. The van der Waals surface area contributed by atoms with Gasteiger partial charge in [0.15, 0.2) is 0 Å². The number of nitrogens with two attached hydrogens (primary N) is 1. The molecule has 3 nitrogen and oxygen atoms in total. The number of para-hydroxylation sites is 1. The molecule has 1 rings (SSSR count). The van der Waals surface area contributed by atoms with Crippen LogP contribution in [0.15, 0.2) is 29.2 Å². The summed E-state index contributed by atoms with van der Waals surface area (Å²) < 4.78 is 0. The lowest BCUT2D eigenvalue weighted by atomic mass is 10.3. The van der Waals surface area contributed by atoms with E-state index in [4.69, 9.17) is 5.73 Å². The predicted octanol–water partition coefficient (Wildman–Crippen LogP) is 1.70. The van der Waals surface area contributed by atoms with Crippen LogP contribution in [0.5, 0.6) is 0 Å². The summed E-state index contributed by atoms with van der Waals surface area (Å²) in [6, 6.07) is 7.99. The van der Waals surface area contributed by atoms with Crippen molar-refractivity contribution >= 4 is 23.4 Å². The predicted molar refractivity (Wildman–Crippen MR) is 60.5 cm³/mol. The summed E-state index contributed by atoms with van der Waals surface area (Å²) in [7, 11) is 0. The molecule has 1 amide bonds. The Morgan fingerprint density at radius 3 is 2.86 bits per heavy atom. The molecule has 0 bridgehead atoms. The molecule has 0 aliphatic rings. The van der Waals surface area contributed by atoms with Gasteiger partial charge in [0, 0.05) is 23.5 Å². The maximum absolute atomic E-state index is 10.5. The van der Waals surface area contributed by atoms with Gasteiger partial charge in [-0.2, -0.15) is 0 Å². The molecular weight excluding hydrogens is 196 g/mol. The third kappa shape index (κ3) is 3.30. The van der Waals surface area contributed by atoms with E-state index in [1.165, 1.54) is 4.90 Å². The van der Waals surface area contributed by atoms with Gasteiger partial charge in [-0.1, -0.05) is 12.1 Å². The highest BCUT2D eigenvalue weighted by Crippen LogP contribution is 2.24. The van der Waals surface area contributed by atoms with Gasteiger partial charge in [-0.3, -0.25) is 4.79 Å². The molecule has 0 saturated carbocycles. The second-order valence-electron chi connectivity index (χ2n) is 2.84. The van der Waals surface area contributed by atoms with Crippen molar-refractivity contribution in [3.8, 4) is 0 Å². The summed E-state index contributed by atoms with van der Waals surface area (Å²) in [6.45, 7) is 0.590. The number of rotatable bonds is 5. The van der Waals surface area contributed by atoms with Crippen LogP contribution in [0.3, 0.4) is 0 Å². The van der Waals surface area contributed by atoms with E-state index in [0.717, 1.165) is 5.69 Å². The lowest BCUT2D eigenvalue weighted by molar-refractivity contribution is -0.117. The number of carbonyl (C=O) groups is 1. The Morgan fingerprint density at radius 1 is 1.50 bits per heavy atom. The quantitative estimate of drug-likeness (QED) is 0.727. The van der Waals surface area contributed by atoms with Crippen molar-refractivity contribution in [2.45, 2.75) is 11.3 Å². The number of nitrogens with one attached hydrogen (secondary N) is 1. The van der Waals surface area contributed by atoms with Gasteiger partial charge in [-0.05, 0) is 18.4 Å². The lowest BCUT2D eigenvalue weighted by Crippen LogP contribution is -2.15. The average Bonchev–Trinajstić information content (AvgIpc) is 2.18. The number of hydrogen-bond acceptors (Lipinski definition) is 3. The second kappa shape index (κ2) is 5.54. The van der Waals surface area contributed by atoms with Crippen LogP contribution in [-0.4, -0.2) is 18.7 Å². The van der Waals surface area contributed by atoms with Crippen molar-refractivity contribution in [3.63, 3.8) is 0 Å². The van der Waals surface area contributed by atoms with Crippen LogP contribution in [0, 0.1) is 0 Å². The van der Waals surface area contributed by atoms with Crippen LogP contribution in [0.4, 0.5) is 5.69 Å². The first-order chi connectivity index (χ1) is 6.74. The third-order valence-corrected chi connectivity index (χ3v) is 2.59. The van der Waals surface area contributed by atoms with E-state index < -0.39 is 0 Å². The Labute approximate surface area is 88.1 Å². The van der Waals surface area contributed by atoms with Gasteiger partial charge in [0.05, 0.1) is 0 Å². The minimum Gasteiger partial charge on any atom is -0.384 e. The Kier molecular flexibility index (Phi) is 4.32. The van der Waals surface area contributed by atoms with Gasteiger partial charge in [0.2, 0.25) is 5.91 Å². The normalized spacial score (nSPS) is 9.79. The fraction of sp³-hybridized carbons (Fsp3) is 0.300. The molecule has 0 fully saturated rings. The first-order valence-electron chi connectivity index (χ1n) is 4.39. The zero-order valence-electron chi connectivity index (χ0n) is 8.12. The summed E-state index contributed by atoms with van der Waals surface area (Å²) in [4.78, 5) is 11.7. The van der Waals surface area contributed by atoms with Gasteiger partial charge in [-0.15, -0.1) is 11.8 Å².